The lowest BCUT2D eigenvalue weighted by molar-refractivity contribution is 0.278. The highest BCUT2D eigenvalue weighted by atomic mass is 32.2. The molecular formula is C12H24N2OS. The Morgan fingerprint density at radius 1 is 1.25 bits per heavy atom. The summed E-state index contributed by atoms with van der Waals surface area (Å²) in [6.45, 7) is 4.51. The summed E-state index contributed by atoms with van der Waals surface area (Å²) in [5.74, 6) is 1.78. The van der Waals surface area contributed by atoms with Crippen molar-refractivity contribution in [1.29, 1.82) is 0 Å². The van der Waals surface area contributed by atoms with Gasteiger partial charge in [0.05, 0.1) is 0 Å². The predicted octanol–water partition coefficient (Wildman–Crippen LogP) is 0.973. The van der Waals surface area contributed by atoms with Crippen molar-refractivity contribution in [2.75, 3.05) is 37.7 Å². The first-order valence-electron chi connectivity index (χ1n) is 6.65. The zero-order valence-electron chi connectivity index (χ0n) is 10.1. The van der Waals surface area contributed by atoms with Gasteiger partial charge in [0.1, 0.15) is 0 Å². The first-order valence-corrected chi connectivity index (χ1v) is 8.14. The van der Waals surface area contributed by atoms with Crippen molar-refractivity contribution in [1.82, 2.24) is 10.2 Å². The van der Waals surface area contributed by atoms with Crippen molar-refractivity contribution in [3.63, 3.8) is 0 Å². The molecule has 2 aliphatic rings. The summed E-state index contributed by atoms with van der Waals surface area (Å²) in [4.78, 5) is 2.48. The zero-order chi connectivity index (χ0) is 11.2. The molecule has 1 N–H and O–H groups in total. The number of nitrogens with one attached hydrogen (secondary N) is 1. The molecule has 0 aliphatic carbocycles. The van der Waals surface area contributed by atoms with Crippen LogP contribution in [0, 0.1) is 0 Å². The van der Waals surface area contributed by atoms with E-state index in [9.17, 15) is 4.21 Å². The van der Waals surface area contributed by atoms with Gasteiger partial charge in [-0.3, -0.25) is 4.21 Å². The summed E-state index contributed by atoms with van der Waals surface area (Å²) in [6, 6.07) is 0.771. The molecule has 1 atom stereocenters. The maximum Gasteiger partial charge on any atom is 0.0363 e. The second kappa shape index (κ2) is 6.72. The van der Waals surface area contributed by atoms with Crippen LogP contribution < -0.4 is 5.32 Å². The van der Waals surface area contributed by atoms with E-state index in [4.69, 9.17) is 0 Å². The van der Waals surface area contributed by atoms with Crippen LogP contribution in [0.5, 0.6) is 0 Å². The van der Waals surface area contributed by atoms with Gasteiger partial charge in [-0.05, 0) is 38.8 Å². The lowest BCUT2D eigenvalue weighted by Gasteiger charge is -2.28. The van der Waals surface area contributed by atoms with Gasteiger partial charge in [-0.2, -0.15) is 0 Å². The Labute approximate surface area is 101 Å². The van der Waals surface area contributed by atoms with E-state index in [-0.39, 0.29) is 0 Å². The van der Waals surface area contributed by atoms with Gasteiger partial charge in [-0.15, -0.1) is 0 Å². The molecule has 0 bridgehead atoms. The summed E-state index contributed by atoms with van der Waals surface area (Å²) < 4.78 is 11.2. The van der Waals surface area contributed by atoms with Crippen molar-refractivity contribution in [3.05, 3.63) is 0 Å². The minimum atomic E-state index is -0.525. The van der Waals surface area contributed by atoms with Gasteiger partial charge in [-0.25, -0.2) is 0 Å². The lowest BCUT2D eigenvalue weighted by atomic mass is 10.0. The molecule has 0 radical (unpaired) electrons. The van der Waals surface area contributed by atoms with Crippen molar-refractivity contribution in [2.45, 2.75) is 38.1 Å². The average Bonchev–Trinajstić information content (AvgIpc) is 2.33. The van der Waals surface area contributed by atoms with Crippen LogP contribution >= 0.6 is 0 Å². The molecule has 2 rings (SSSR count). The second-order valence-corrected chi connectivity index (χ2v) is 6.67. The summed E-state index contributed by atoms with van der Waals surface area (Å²) in [6.07, 6.45) is 6.74. The van der Waals surface area contributed by atoms with Gasteiger partial charge in [0.2, 0.25) is 0 Å². The Morgan fingerprint density at radius 3 is 2.75 bits per heavy atom. The quantitative estimate of drug-likeness (QED) is 0.800. The van der Waals surface area contributed by atoms with Gasteiger partial charge in [0.15, 0.2) is 0 Å². The van der Waals surface area contributed by atoms with Crippen molar-refractivity contribution in [2.24, 2.45) is 0 Å². The van der Waals surface area contributed by atoms with Crippen molar-refractivity contribution in [3.8, 4) is 0 Å². The molecule has 2 aliphatic heterocycles. The Balaban J connectivity index is 1.55. The molecule has 94 valence electrons. The highest BCUT2D eigenvalue weighted by Gasteiger charge is 2.16. The molecule has 16 heavy (non-hydrogen) atoms. The highest BCUT2D eigenvalue weighted by Crippen LogP contribution is 2.12. The number of rotatable bonds is 4. The van der Waals surface area contributed by atoms with E-state index in [0.717, 1.165) is 30.6 Å². The third-order valence-electron chi connectivity index (χ3n) is 3.71. The van der Waals surface area contributed by atoms with Gasteiger partial charge in [0, 0.05) is 41.4 Å². The molecule has 0 aromatic rings. The summed E-state index contributed by atoms with van der Waals surface area (Å²) >= 11 is 0. The van der Waals surface area contributed by atoms with Crippen LogP contribution in [-0.4, -0.2) is 52.8 Å². The van der Waals surface area contributed by atoms with E-state index in [0.29, 0.717) is 0 Å². The van der Waals surface area contributed by atoms with Gasteiger partial charge in [0.25, 0.3) is 0 Å². The Hall–Kier alpha value is 0.0700. The zero-order valence-corrected chi connectivity index (χ0v) is 10.9. The van der Waals surface area contributed by atoms with E-state index in [1.54, 1.807) is 0 Å². The fourth-order valence-corrected chi connectivity index (χ4v) is 3.76. The fraction of sp³-hybridized carbons (Fsp3) is 1.00. The van der Waals surface area contributed by atoms with Crippen LogP contribution in [0.3, 0.4) is 0 Å². The molecule has 0 aromatic carbocycles. The van der Waals surface area contributed by atoms with Crippen LogP contribution in [0.25, 0.3) is 0 Å². The molecule has 0 spiro atoms. The maximum atomic E-state index is 11.2. The molecule has 0 aromatic heterocycles. The molecule has 0 saturated carbocycles. The second-order valence-electron chi connectivity index (χ2n) is 4.98. The maximum absolute atomic E-state index is 11.2. The van der Waals surface area contributed by atoms with Crippen LogP contribution in [-0.2, 0) is 10.8 Å². The number of hydrogen-bond acceptors (Lipinski definition) is 3. The Kier molecular flexibility index (Phi) is 5.26. The standard InChI is InChI=1S/C12H24N2OS/c15-16-10-8-14(9-11-16)7-3-5-12-4-1-2-6-13-12/h12-13H,1-11H2. The van der Waals surface area contributed by atoms with Crippen molar-refractivity contribution >= 4 is 10.8 Å². The van der Waals surface area contributed by atoms with Crippen LogP contribution in [0.2, 0.25) is 0 Å². The smallest absolute Gasteiger partial charge is 0.0363 e. The monoisotopic (exact) mass is 244 g/mol. The predicted molar refractivity (Wildman–Crippen MR) is 69.2 cm³/mol. The Bertz CT molecular complexity index is 219. The number of piperidine rings is 1. The van der Waals surface area contributed by atoms with Gasteiger partial charge in [-0.1, -0.05) is 6.42 Å². The number of hydrogen-bond donors (Lipinski definition) is 1. The molecule has 2 fully saturated rings. The lowest BCUT2D eigenvalue weighted by Crippen LogP contribution is -2.39. The normalized spacial score (nSPS) is 29.4. The average molecular weight is 244 g/mol. The van der Waals surface area contributed by atoms with Crippen LogP contribution in [0.1, 0.15) is 32.1 Å². The summed E-state index contributed by atoms with van der Waals surface area (Å²) in [7, 11) is -0.525. The van der Waals surface area contributed by atoms with E-state index >= 15 is 0 Å². The largest absolute Gasteiger partial charge is 0.314 e. The molecule has 1 unspecified atom stereocenters. The topological polar surface area (TPSA) is 32.3 Å². The third kappa shape index (κ3) is 4.15. The van der Waals surface area contributed by atoms with Gasteiger partial charge >= 0.3 is 0 Å². The molecular weight excluding hydrogens is 220 g/mol. The van der Waals surface area contributed by atoms with Gasteiger partial charge < -0.3 is 10.2 Å². The van der Waals surface area contributed by atoms with Crippen LogP contribution in [0.15, 0.2) is 0 Å². The fourth-order valence-electron chi connectivity index (χ4n) is 2.63. The number of nitrogens with zero attached hydrogens (tertiary/aromatic N) is 1. The minimum absolute atomic E-state index is 0.525. The molecule has 4 heteroatoms. The van der Waals surface area contributed by atoms with E-state index in [1.165, 1.54) is 45.2 Å². The van der Waals surface area contributed by atoms with E-state index in [2.05, 4.69) is 10.2 Å². The first kappa shape index (κ1) is 12.5. The molecule has 2 saturated heterocycles. The minimum Gasteiger partial charge on any atom is -0.314 e. The third-order valence-corrected chi connectivity index (χ3v) is 4.99. The Morgan fingerprint density at radius 2 is 2.06 bits per heavy atom. The highest BCUT2D eigenvalue weighted by molar-refractivity contribution is 7.85. The van der Waals surface area contributed by atoms with Crippen molar-refractivity contribution < 1.29 is 4.21 Å². The summed E-state index contributed by atoms with van der Waals surface area (Å²) in [5, 5.41) is 3.60. The molecule has 2 heterocycles. The van der Waals surface area contributed by atoms with Crippen LogP contribution in [0.4, 0.5) is 0 Å². The summed E-state index contributed by atoms with van der Waals surface area (Å²) in [5.41, 5.74) is 0. The molecule has 3 nitrogen and oxygen atoms in total. The first-order chi connectivity index (χ1) is 7.84. The van der Waals surface area contributed by atoms with E-state index in [1.807, 2.05) is 0 Å². The SMILES string of the molecule is O=S1CCN(CCCC2CCCCN2)CC1. The molecule has 0 amide bonds. The van der Waals surface area contributed by atoms with E-state index < -0.39 is 10.8 Å².